The number of aromatic nitrogens is 3. The molecule has 0 bridgehead atoms. The highest BCUT2D eigenvalue weighted by Gasteiger charge is 2.22. The van der Waals surface area contributed by atoms with E-state index in [1.54, 1.807) is 20.9 Å². The fourth-order valence-electron chi connectivity index (χ4n) is 2.46. The molecule has 1 aliphatic heterocycles. The predicted octanol–water partition coefficient (Wildman–Crippen LogP) is 1.11. The van der Waals surface area contributed by atoms with Crippen molar-refractivity contribution in [1.82, 2.24) is 15.0 Å². The Morgan fingerprint density at radius 2 is 1.90 bits per heavy atom. The number of aliphatic hydroxyl groups is 1. The van der Waals surface area contributed by atoms with Crippen LogP contribution in [0.1, 0.15) is 33.6 Å². The highest BCUT2D eigenvalue weighted by Crippen LogP contribution is 2.21. The van der Waals surface area contributed by atoms with Gasteiger partial charge in [-0.1, -0.05) is 0 Å². The molecule has 1 aliphatic rings. The Labute approximate surface area is 126 Å². The molecule has 2 rings (SSSR count). The number of likely N-dealkylation sites (N-methyl/N-ethyl adjacent to an activating group) is 1. The molecule has 0 saturated carbocycles. The molecular weight excluding hydrogens is 268 g/mol. The van der Waals surface area contributed by atoms with Crippen molar-refractivity contribution in [2.75, 3.05) is 48.3 Å². The number of nitrogens with zero attached hydrogens (tertiary/aromatic N) is 5. The molecule has 1 aromatic heterocycles. The van der Waals surface area contributed by atoms with E-state index in [1.807, 2.05) is 11.8 Å². The normalized spacial score (nSPS) is 15.4. The van der Waals surface area contributed by atoms with E-state index in [0.717, 1.165) is 25.6 Å². The molecule has 2 N–H and O–H groups in total. The molecule has 1 fully saturated rings. The monoisotopic (exact) mass is 294 g/mol. The van der Waals surface area contributed by atoms with E-state index < -0.39 is 5.60 Å². The molecule has 0 amide bonds. The van der Waals surface area contributed by atoms with Gasteiger partial charge in [0.25, 0.3) is 0 Å². The van der Waals surface area contributed by atoms with Crippen LogP contribution in [0.5, 0.6) is 0 Å². The van der Waals surface area contributed by atoms with Crippen molar-refractivity contribution in [3.8, 4) is 0 Å². The highest BCUT2D eigenvalue weighted by molar-refractivity contribution is 5.45. The summed E-state index contributed by atoms with van der Waals surface area (Å²) < 4.78 is 0. The van der Waals surface area contributed by atoms with Crippen molar-refractivity contribution in [3.63, 3.8) is 0 Å². The summed E-state index contributed by atoms with van der Waals surface area (Å²) in [5, 5.41) is 13.0. The summed E-state index contributed by atoms with van der Waals surface area (Å²) in [6.45, 7) is 8.81. The van der Waals surface area contributed by atoms with E-state index in [9.17, 15) is 5.11 Å². The average molecular weight is 294 g/mol. The van der Waals surface area contributed by atoms with Crippen LogP contribution in [0.2, 0.25) is 0 Å². The lowest BCUT2D eigenvalue weighted by Crippen LogP contribution is -2.40. The van der Waals surface area contributed by atoms with Crippen LogP contribution in [0, 0.1) is 0 Å². The van der Waals surface area contributed by atoms with Gasteiger partial charge in [0.15, 0.2) is 0 Å². The molecule has 0 aromatic carbocycles. The lowest BCUT2D eigenvalue weighted by molar-refractivity contribution is 0.0872. The second kappa shape index (κ2) is 6.43. The van der Waals surface area contributed by atoms with Gasteiger partial charge in [-0.2, -0.15) is 15.0 Å². The van der Waals surface area contributed by atoms with Crippen LogP contribution in [-0.2, 0) is 0 Å². The summed E-state index contributed by atoms with van der Waals surface area (Å²) >= 11 is 0. The molecule has 0 atom stereocenters. The number of hydrogen-bond donors (Lipinski definition) is 2. The van der Waals surface area contributed by atoms with Crippen molar-refractivity contribution < 1.29 is 5.11 Å². The van der Waals surface area contributed by atoms with Gasteiger partial charge in [0, 0.05) is 33.2 Å². The smallest absolute Gasteiger partial charge is 0.232 e. The molecule has 118 valence electrons. The molecule has 0 aliphatic carbocycles. The van der Waals surface area contributed by atoms with Crippen LogP contribution >= 0.6 is 0 Å². The van der Waals surface area contributed by atoms with E-state index in [0.29, 0.717) is 18.4 Å². The average Bonchev–Trinajstić information content (AvgIpc) is 2.97. The molecule has 7 heteroatoms. The second-order valence-electron chi connectivity index (χ2n) is 6.03. The van der Waals surface area contributed by atoms with Crippen LogP contribution in [0.15, 0.2) is 0 Å². The summed E-state index contributed by atoms with van der Waals surface area (Å²) in [5.41, 5.74) is -0.795. The maximum atomic E-state index is 10.0. The van der Waals surface area contributed by atoms with Crippen molar-refractivity contribution in [2.45, 2.75) is 39.2 Å². The van der Waals surface area contributed by atoms with E-state index in [1.165, 1.54) is 12.8 Å². The summed E-state index contributed by atoms with van der Waals surface area (Å²) in [6.07, 6.45) is 2.36. The third-order valence-electron chi connectivity index (χ3n) is 3.47. The first-order chi connectivity index (χ1) is 9.93. The predicted molar refractivity (Wildman–Crippen MR) is 85.0 cm³/mol. The maximum absolute atomic E-state index is 10.0. The summed E-state index contributed by atoms with van der Waals surface area (Å²) in [7, 11) is 1.80. The first kappa shape index (κ1) is 15.8. The maximum Gasteiger partial charge on any atom is 0.232 e. The van der Waals surface area contributed by atoms with Gasteiger partial charge in [-0.15, -0.1) is 0 Å². The standard InChI is InChI=1S/C14H26N6O/c1-5-19(10-14(2,3)21)12-16-11(15-4)17-13(18-12)20-8-6-7-9-20/h21H,5-10H2,1-4H3,(H,15,16,17,18). The van der Waals surface area contributed by atoms with Crippen LogP contribution in [0.3, 0.4) is 0 Å². The van der Waals surface area contributed by atoms with Gasteiger partial charge in [0.1, 0.15) is 0 Å². The zero-order valence-corrected chi connectivity index (χ0v) is 13.4. The molecular formula is C14H26N6O. The highest BCUT2D eigenvalue weighted by atomic mass is 16.3. The van der Waals surface area contributed by atoms with Gasteiger partial charge in [-0.3, -0.25) is 0 Å². The minimum absolute atomic E-state index is 0.482. The number of rotatable bonds is 6. The summed E-state index contributed by atoms with van der Waals surface area (Å²) in [4.78, 5) is 17.6. The minimum atomic E-state index is -0.795. The van der Waals surface area contributed by atoms with Crippen molar-refractivity contribution in [2.24, 2.45) is 0 Å². The Kier molecular flexibility index (Phi) is 4.82. The summed E-state index contributed by atoms with van der Waals surface area (Å²) in [5.74, 6) is 1.90. The van der Waals surface area contributed by atoms with Crippen LogP contribution in [-0.4, -0.2) is 58.9 Å². The van der Waals surface area contributed by atoms with Crippen molar-refractivity contribution in [1.29, 1.82) is 0 Å². The Morgan fingerprint density at radius 1 is 1.24 bits per heavy atom. The number of nitrogens with one attached hydrogen (secondary N) is 1. The van der Waals surface area contributed by atoms with E-state index >= 15 is 0 Å². The Morgan fingerprint density at radius 3 is 2.43 bits per heavy atom. The molecule has 0 radical (unpaired) electrons. The Bertz CT molecular complexity index is 467. The Hall–Kier alpha value is -1.63. The Balaban J connectivity index is 2.30. The fraction of sp³-hybridized carbons (Fsp3) is 0.786. The van der Waals surface area contributed by atoms with E-state index in [2.05, 4.69) is 25.2 Å². The second-order valence-corrected chi connectivity index (χ2v) is 6.03. The molecule has 21 heavy (non-hydrogen) atoms. The number of anilines is 3. The van der Waals surface area contributed by atoms with Crippen molar-refractivity contribution >= 4 is 17.8 Å². The zero-order chi connectivity index (χ0) is 15.5. The van der Waals surface area contributed by atoms with Gasteiger partial charge in [0.2, 0.25) is 17.8 Å². The first-order valence-corrected chi connectivity index (χ1v) is 7.59. The first-order valence-electron chi connectivity index (χ1n) is 7.59. The molecule has 1 saturated heterocycles. The van der Waals surface area contributed by atoms with E-state index in [4.69, 9.17) is 0 Å². The van der Waals surface area contributed by atoms with Gasteiger partial charge in [-0.25, -0.2) is 0 Å². The van der Waals surface area contributed by atoms with Gasteiger partial charge < -0.3 is 20.2 Å². The SMILES string of the molecule is CCN(CC(C)(C)O)c1nc(NC)nc(N2CCCC2)n1. The third-order valence-corrected chi connectivity index (χ3v) is 3.47. The van der Waals surface area contributed by atoms with Crippen LogP contribution in [0.4, 0.5) is 17.8 Å². The molecule has 0 spiro atoms. The fourth-order valence-corrected chi connectivity index (χ4v) is 2.46. The van der Waals surface area contributed by atoms with E-state index in [-0.39, 0.29) is 0 Å². The quantitative estimate of drug-likeness (QED) is 0.813. The van der Waals surface area contributed by atoms with Gasteiger partial charge in [-0.05, 0) is 33.6 Å². The zero-order valence-electron chi connectivity index (χ0n) is 13.4. The van der Waals surface area contributed by atoms with Crippen LogP contribution < -0.4 is 15.1 Å². The third kappa shape index (κ3) is 4.17. The van der Waals surface area contributed by atoms with Crippen molar-refractivity contribution in [3.05, 3.63) is 0 Å². The molecule has 2 heterocycles. The van der Waals surface area contributed by atoms with Gasteiger partial charge >= 0.3 is 0 Å². The molecule has 7 nitrogen and oxygen atoms in total. The minimum Gasteiger partial charge on any atom is -0.389 e. The largest absolute Gasteiger partial charge is 0.389 e. The topological polar surface area (TPSA) is 77.4 Å². The summed E-state index contributed by atoms with van der Waals surface area (Å²) in [6, 6.07) is 0. The molecule has 1 aromatic rings. The number of hydrogen-bond acceptors (Lipinski definition) is 7. The lowest BCUT2D eigenvalue weighted by Gasteiger charge is -2.28. The molecule has 0 unspecified atom stereocenters. The van der Waals surface area contributed by atoms with Crippen LogP contribution in [0.25, 0.3) is 0 Å². The lowest BCUT2D eigenvalue weighted by atomic mass is 10.1. The van der Waals surface area contributed by atoms with Gasteiger partial charge in [0.05, 0.1) is 5.60 Å².